The van der Waals surface area contributed by atoms with Crippen LogP contribution in [0.1, 0.15) is 50.3 Å². The molecule has 0 saturated carbocycles. The molecule has 0 aliphatic carbocycles. The summed E-state index contributed by atoms with van der Waals surface area (Å²) >= 11 is 0. The number of halogens is 1. The number of hydrogen-bond acceptors (Lipinski definition) is 4. The molecule has 2 aromatic carbocycles. The standard InChI is InChI=1S/C21H17FN2O4/c22-13-7-8-17-16(12-13)18(25)9-11-23(17)19(26)6-3-10-24-20(27)14-4-1-2-5-15(14)21(24)28/h1-2,4-5,7-8,12H,3,6,9-11H2. The van der Waals surface area contributed by atoms with Crippen LogP contribution < -0.4 is 4.90 Å². The summed E-state index contributed by atoms with van der Waals surface area (Å²) in [5.74, 6) is -1.64. The summed E-state index contributed by atoms with van der Waals surface area (Å²) in [6, 6.07) is 10.4. The molecular formula is C21H17FN2O4. The van der Waals surface area contributed by atoms with Gasteiger partial charge in [-0.1, -0.05) is 12.1 Å². The van der Waals surface area contributed by atoms with Crippen molar-refractivity contribution < 1.29 is 23.6 Å². The van der Waals surface area contributed by atoms with E-state index in [9.17, 15) is 23.6 Å². The smallest absolute Gasteiger partial charge is 0.261 e. The molecule has 0 bridgehead atoms. The Morgan fingerprint density at radius 3 is 2.32 bits per heavy atom. The summed E-state index contributed by atoms with van der Waals surface area (Å²) in [6.07, 6.45) is 0.560. The van der Waals surface area contributed by atoms with Crippen LogP contribution in [0.2, 0.25) is 0 Å². The second kappa shape index (κ2) is 6.99. The summed E-state index contributed by atoms with van der Waals surface area (Å²) in [4.78, 5) is 52.0. The zero-order valence-electron chi connectivity index (χ0n) is 15.0. The molecule has 6 nitrogen and oxygen atoms in total. The van der Waals surface area contributed by atoms with Crippen LogP contribution in [0, 0.1) is 5.82 Å². The van der Waals surface area contributed by atoms with Crippen LogP contribution in [0.5, 0.6) is 0 Å². The second-order valence-electron chi connectivity index (χ2n) is 6.79. The van der Waals surface area contributed by atoms with Gasteiger partial charge in [0.05, 0.1) is 16.8 Å². The van der Waals surface area contributed by atoms with Crippen LogP contribution in [0.4, 0.5) is 10.1 Å². The van der Waals surface area contributed by atoms with Crippen molar-refractivity contribution in [2.45, 2.75) is 19.3 Å². The molecule has 0 spiro atoms. The van der Waals surface area contributed by atoms with Gasteiger partial charge < -0.3 is 4.90 Å². The highest BCUT2D eigenvalue weighted by atomic mass is 19.1. The Bertz CT molecular complexity index is 982. The predicted octanol–water partition coefficient (Wildman–Crippen LogP) is 2.82. The number of amides is 3. The summed E-state index contributed by atoms with van der Waals surface area (Å²) in [5.41, 5.74) is 1.37. The lowest BCUT2D eigenvalue weighted by atomic mass is 9.99. The van der Waals surface area contributed by atoms with Gasteiger partial charge in [-0.05, 0) is 36.8 Å². The fraction of sp³-hybridized carbons (Fsp3) is 0.238. The van der Waals surface area contributed by atoms with Gasteiger partial charge in [-0.3, -0.25) is 24.1 Å². The molecule has 0 saturated heterocycles. The summed E-state index contributed by atoms with van der Waals surface area (Å²) in [7, 11) is 0. The zero-order chi connectivity index (χ0) is 19.8. The van der Waals surface area contributed by atoms with Gasteiger partial charge in [0.2, 0.25) is 5.91 Å². The van der Waals surface area contributed by atoms with Crippen molar-refractivity contribution in [3.8, 4) is 0 Å². The number of carbonyl (C=O) groups is 4. The first-order chi connectivity index (χ1) is 13.5. The van der Waals surface area contributed by atoms with Crippen molar-refractivity contribution >= 4 is 29.2 Å². The van der Waals surface area contributed by atoms with Crippen LogP contribution in [-0.4, -0.2) is 41.5 Å². The van der Waals surface area contributed by atoms with E-state index < -0.39 is 5.82 Å². The third-order valence-electron chi connectivity index (χ3n) is 5.06. The van der Waals surface area contributed by atoms with Crippen LogP contribution in [0.3, 0.4) is 0 Å². The minimum absolute atomic E-state index is 0.110. The molecule has 0 fully saturated rings. The number of anilines is 1. The first kappa shape index (κ1) is 18.0. The van der Waals surface area contributed by atoms with E-state index in [1.54, 1.807) is 24.3 Å². The monoisotopic (exact) mass is 380 g/mol. The topological polar surface area (TPSA) is 74.8 Å². The number of hydrogen-bond donors (Lipinski definition) is 0. The average Bonchev–Trinajstić information content (AvgIpc) is 2.93. The maximum absolute atomic E-state index is 13.4. The Morgan fingerprint density at radius 2 is 1.64 bits per heavy atom. The quantitative estimate of drug-likeness (QED) is 0.765. The molecule has 2 heterocycles. The first-order valence-corrected chi connectivity index (χ1v) is 9.05. The van der Waals surface area contributed by atoms with Gasteiger partial charge in [-0.15, -0.1) is 0 Å². The number of benzene rings is 2. The average molecular weight is 380 g/mol. The molecule has 142 valence electrons. The summed E-state index contributed by atoms with van der Waals surface area (Å²) in [5, 5.41) is 0. The lowest BCUT2D eigenvalue weighted by Gasteiger charge is -2.29. The van der Waals surface area contributed by atoms with E-state index in [1.165, 1.54) is 17.0 Å². The molecule has 0 atom stereocenters. The molecule has 0 unspecified atom stereocenters. The van der Waals surface area contributed by atoms with E-state index in [2.05, 4.69) is 0 Å². The number of carbonyl (C=O) groups excluding carboxylic acids is 4. The molecule has 0 radical (unpaired) electrons. The highest BCUT2D eigenvalue weighted by Crippen LogP contribution is 2.29. The second-order valence-corrected chi connectivity index (χ2v) is 6.79. The van der Waals surface area contributed by atoms with E-state index in [-0.39, 0.29) is 55.0 Å². The minimum Gasteiger partial charge on any atom is -0.311 e. The summed E-state index contributed by atoms with van der Waals surface area (Å²) in [6.45, 7) is 0.379. The van der Waals surface area contributed by atoms with Gasteiger partial charge in [0.25, 0.3) is 11.8 Å². The molecule has 2 aromatic rings. The Kier molecular flexibility index (Phi) is 4.50. The predicted molar refractivity (Wildman–Crippen MR) is 98.7 cm³/mol. The van der Waals surface area contributed by atoms with E-state index in [0.29, 0.717) is 23.2 Å². The fourth-order valence-electron chi connectivity index (χ4n) is 3.66. The van der Waals surface area contributed by atoms with Crippen molar-refractivity contribution in [2.75, 3.05) is 18.0 Å². The van der Waals surface area contributed by atoms with Gasteiger partial charge in [-0.25, -0.2) is 4.39 Å². The fourth-order valence-corrected chi connectivity index (χ4v) is 3.66. The first-order valence-electron chi connectivity index (χ1n) is 9.05. The lowest BCUT2D eigenvalue weighted by Crippen LogP contribution is -2.38. The third-order valence-corrected chi connectivity index (χ3v) is 5.06. The van der Waals surface area contributed by atoms with Crippen molar-refractivity contribution in [1.82, 2.24) is 4.90 Å². The van der Waals surface area contributed by atoms with E-state index in [1.807, 2.05) is 0 Å². The number of imide groups is 1. The molecule has 0 aromatic heterocycles. The lowest BCUT2D eigenvalue weighted by molar-refractivity contribution is -0.118. The SMILES string of the molecule is O=C1CCN(C(=O)CCCN2C(=O)c3ccccc3C2=O)c2ccc(F)cc21. The Labute approximate surface area is 160 Å². The number of nitrogens with zero attached hydrogens (tertiary/aromatic N) is 2. The maximum atomic E-state index is 13.4. The van der Waals surface area contributed by atoms with E-state index in [0.717, 1.165) is 11.0 Å². The number of ketones is 1. The Hall–Kier alpha value is -3.35. The minimum atomic E-state index is -0.521. The molecule has 2 aliphatic rings. The Morgan fingerprint density at radius 1 is 0.964 bits per heavy atom. The molecule has 2 aliphatic heterocycles. The van der Waals surface area contributed by atoms with Crippen LogP contribution in [-0.2, 0) is 4.79 Å². The number of Topliss-reactive ketones (excluding diaryl/α,β-unsaturated/α-hetero) is 1. The van der Waals surface area contributed by atoms with Crippen LogP contribution in [0.15, 0.2) is 42.5 Å². The highest BCUT2D eigenvalue weighted by molar-refractivity contribution is 6.21. The Balaban J connectivity index is 1.41. The maximum Gasteiger partial charge on any atom is 0.261 e. The third kappa shape index (κ3) is 2.98. The molecular weight excluding hydrogens is 363 g/mol. The van der Waals surface area contributed by atoms with Gasteiger partial charge >= 0.3 is 0 Å². The number of rotatable bonds is 4. The van der Waals surface area contributed by atoms with Crippen molar-refractivity contribution in [2.24, 2.45) is 0 Å². The van der Waals surface area contributed by atoms with Gasteiger partial charge in [0.1, 0.15) is 5.82 Å². The van der Waals surface area contributed by atoms with E-state index >= 15 is 0 Å². The van der Waals surface area contributed by atoms with Gasteiger partial charge in [0, 0.05) is 31.5 Å². The zero-order valence-corrected chi connectivity index (χ0v) is 15.0. The molecule has 7 heteroatoms. The summed E-state index contributed by atoms with van der Waals surface area (Å²) < 4.78 is 13.4. The van der Waals surface area contributed by atoms with Crippen LogP contribution in [0.25, 0.3) is 0 Å². The normalized spacial score (nSPS) is 15.7. The molecule has 3 amide bonds. The molecule has 28 heavy (non-hydrogen) atoms. The van der Waals surface area contributed by atoms with Crippen LogP contribution >= 0.6 is 0 Å². The van der Waals surface area contributed by atoms with Crippen molar-refractivity contribution in [3.05, 3.63) is 65.0 Å². The van der Waals surface area contributed by atoms with Gasteiger partial charge in [-0.2, -0.15) is 0 Å². The van der Waals surface area contributed by atoms with Crippen molar-refractivity contribution in [3.63, 3.8) is 0 Å². The van der Waals surface area contributed by atoms with E-state index in [4.69, 9.17) is 0 Å². The van der Waals surface area contributed by atoms with Crippen molar-refractivity contribution in [1.29, 1.82) is 0 Å². The molecule has 4 rings (SSSR count). The highest BCUT2D eigenvalue weighted by Gasteiger charge is 2.35. The van der Waals surface area contributed by atoms with Gasteiger partial charge in [0.15, 0.2) is 5.78 Å². The molecule has 0 N–H and O–H groups in total. The number of fused-ring (bicyclic) bond motifs is 2. The largest absolute Gasteiger partial charge is 0.311 e.